The highest BCUT2D eigenvalue weighted by Gasteiger charge is 2.45. The van der Waals surface area contributed by atoms with Crippen LogP contribution in [-0.2, 0) is 5.92 Å². The first-order valence-electron chi connectivity index (χ1n) is 6.93. The molecule has 1 aromatic carbocycles. The van der Waals surface area contributed by atoms with Crippen LogP contribution in [0.4, 0.5) is 20.2 Å². The fraction of sp³-hybridized carbons (Fsp3) is 0.538. The van der Waals surface area contributed by atoms with Crippen molar-refractivity contribution < 1.29 is 13.7 Å². The Labute approximate surface area is 131 Å². The van der Waals surface area contributed by atoms with Gasteiger partial charge in [0.1, 0.15) is 0 Å². The first kappa shape index (κ1) is 15.4. The van der Waals surface area contributed by atoms with Crippen molar-refractivity contribution in [3.63, 3.8) is 0 Å². The molecule has 1 saturated heterocycles. The summed E-state index contributed by atoms with van der Waals surface area (Å²) in [4.78, 5) is 12.3. The van der Waals surface area contributed by atoms with E-state index in [9.17, 15) is 18.9 Å². The summed E-state index contributed by atoms with van der Waals surface area (Å²) >= 11 is 1.28. The van der Waals surface area contributed by atoms with Gasteiger partial charge < -0.3 is 4.90 Å². The second-order valence-corrected chi connectivity index (χ2v) is 6.63. The van der Waals surface area contributed by atoms with Gasteiger partial charge in [0.2, 0.25) is 0 Å². The number of anilines is 1. The molecule has 0 spiro atoms. The quantitative estimate of drug-likeness (QED) is 0.482. The molecule has 120 valence electrons. The van der Waals surface area contributed by atoms with E-state index in [0.717, 1.165) is 32.2 Å². The third kappa shape index (κ3) is 2.88. The van der Waals surface area contributed by atoms with Gasteiger partial charge in [0.15, 0.2) is 0 Å². The Morgan fingerprint density at radius 2 is 1.95 bits per heavy atom. The maximum atomic E-state index is 14.1. The summed E-state index contributed by atoms with van der Waals surface area (Å²) in [6, 6.07) is 3.68. The first-order chi connectivity index (χ1) is 10.4. The van der Waals surface area contributed by atoms with Crippen molar-refractivity contribution >= 4 is 23.5 Å². The number of likely N-dealkylation sites (N-methyl/N-ethyl adjacent to an activating group) is 1. The molecule has 0 N–H and O–H groups in total. The van der Waals surface area contributed by atoms with Crippen LogP contribution < -0.4 is 4.31 Å². The molecule has 3 rings (SSSR count). The first-order valence-corrected chi connectivity index (χ1v) is 7.66. The van der Waals surface area contributed by atoms with Gasteiger partial charge in [0.25, 0.3) is 11.6 Å². The number of fused-ring (bicyclic) bond motifs is 1. The number of halogens is 2. The summed E-state index contributed by atoms with van der Waals surface area (Å²) < 4.78 is 31.9. The minimum atomic E-state index is -3.07. The van der Waals surface area contributed by atoms with E-state index in [4.69, 9.17) is 0 Å². The molecule has 0 atom stereocenters. The lowest BCUT2D eigenvalue weighted by molar-refractivity contribution is -0.385. The Balaban J connectivity index is 1.80. The van der Waals surface area contributed by atoms with Gasteiger partial charge in [0, 0.05) is 50.4 Å². The van der Waals surface area contributed by atoms with E-state index >= 15 is 0 Å². The van der Waals surface area contributed by atoms with Gasteiger partial charge in [0.05, 0.1) is 22.7 Å². The Morgan fingerprint density at radius 3 is 2.59 bits per heavy atom. The van der Waals surface area contributed by atoms with Crippen LogP contribution in [0, 0.1) is 10.1 Å². The lowest BCUT2D eigenvalue weighted by Crippen LogP contribution is -2.42. The molecule has 0 radical (unpaired) electrons. The standard InChI is InChI=1S/C13H16F2N4O2S/c1-16-4-6-17(7-5-16)22-18-9-13(14,15)11-8-10(19(20)21)2-3-12(11)18/h2-3,8H,4-7,9H2,1H3. The lowest BCUT2D eigenvalue weighted by atomic mass is 10.1. The lowest BCUT2D eigenvalue weighted by Gasteiger charge is -2.33. The van der Waals surface area contributed by atoms with Crippen molar-refractivity contribution in [3.05, 3.63) is 33.9 Å². The molecule has 6 nitrogen and oxygen atoms in total. The zero-order valence-electron chi connectivity index (χ0n) is 12.0. The number of non-ortho nitro benzene ring substituents is 1. The largest absolute Gasteiger partial charge is 0.304 e. The Morgan fingerprint density at radius 1 is 1.27 bits per heavy atom. The van der Waals surface area contributed by atoms with Gasteiger partial charge >= 0.3 is 0 Å². The number of piperazine rings is 1. The molecule has 1 aromatic rings. The van der Waals surface area contributed by atoms with E-state index in [2.05, 4.69) is 4.90 Å². The van der Waals surface area contributed by atoms with Gasteiger partial charge in [-0.1, -0.05) is 0 Å². The van der Waals surface area contributed by atoms with Gasteiger partial charge in [-0.2, -0.15) is 8.78 Å². The summed E-state index contributed by atoms with van der Waals surface area (Å²) in [5, 5.41) is 10.8. The number of rotatable bonds is 3. The van der Waals surface area contributed by atoms with Gasteiger partial charge in [-0.15, -0.1) is 0 Å². The fourth-order valence-electron chi connectivity index (χ4n) is 2.58. The molecule has 0 bridgehead atoms. The molecule has 22 heavy (non-hydrogen) atoms. The second kappa shape index (κ2) is 5.64. The van der Waals surface area contributed by atoms with Crippen molar-refractivity contribution in [1.29, 1.82) is 0 Å². The number of nitrogens with zero attached hydrogens (tertiary/aromatic N) is 4. The number of hydrogen-bond donors (Lipinski definition) is 0. The summed E-state index contributed by atoms with van der Waals surface area (Å²) in [6.45, 7) is 2.92. The summed E-state index contributed by atoms with van der Waals surface area (Å²) in [5.74, 6) is -3.07. The number of alkyl halides is 2. The van der Waals surface area contributed by atoms with Crippen LogP contribution >= 0.6 is 12.1 Å². The SMILES string of the molecule is CN1CCN(SN2CC(F)(F)c3cc([N+](=O)[O-])ccc32)CC1. The van der Waals surface area contributed by atoms with E-state index in [1.165, 1.54) is 28.6 Å². The predicted molar refractivity (Wildman–Crippen MR) is 81.0 cm³/mol. The third-order valence-electron chi connectivity index (χ3n) is 3.87. The van der Waals surface area contributed by atoms with Crippen molar-refractivity contribution in [2.45, 2.75) is 5.92 Å². The highest BCUT2D eigenvalue weighted by molar-refractivity contribution is 7.98. The van der Waals surface area contributed by atoms with Crippen LogP contribution in [0.5, 0.6) is 0 Å². The predicted octanol–water partition coefficient (Wildman–Crippen LogP) is 2.32. The minimum absolute atomic E-state index is 0.261. The molecule has 2 heterocycles. The molecule has 2 aliphatic rings. The van der Waals surface area contributed by atoms with Gasteiger partial charge in [-0.3, -0.25) is 14.4 Å². The zero-order chi connectivity index (χ0) is 15.9. The molecule has 0 saturated carbocycles. The Kier molecular flexibility index (Phi) is 3.96. The maximum Gasteiger partial charge on any atom is 0.293 e. The highest BCUT2D eigenvalue weighted by atomic mass is 32.2. The van der Waals surface area contributed by atoms with E-state index in [0.29, 0.717) is 5.69 Å². The van der Waals surface area contributed by atoms with E-state index < -0.39 is 17.4 Å². The van der Waals surface area contributed by atoms with E-state index in [1.807, 2.05) is 11.4 Å². The Bertz CT molecular complexity index is 593. The summed E-state index contributed by atoms with van der Waals surface area (Å²) in [6.07, 6.45) is 0. The molecule has 0 aromatic heterocycles. The summed E-state index contributed by atoms with van der Waals surface area (Å²) in [5.41, 5.74) is -0.201. The van der Waals surface area contributed by atoms with Crippen LogP contribution in [0.2, 0.25) is 0 Å². The molecule has 9 heteroatoms. The van der Waals surface area contributed by atoms with Crippen molar-refractivity contribution in [2.24, 2.45) is 0 Å². The van der Waals surface area contributed by atoms with Crippen molar-refractivity contribution in [3.8, 4) is 0 Å². The topological polar surface area (TPSA) is 52.9 Å². The number of benzene rings is 1. The van der Waals surface area contributed by atoms with E-state index in [1.54, 1.807) is 0 Å². The van der Waals surface area contributed by atoms with E-state index in [-0.39, 0.29) is 11.3 Å². The normalized spacial score (nSPS) is 21.9. The molecule has 0 amide bonds. The average molecular weight is 330 g/mol. The highest BCUT2D eigenvalue weighted by Crippen LogP contribution is 2.47. The van der Waals surface area contributed by atoms with Crippen LogP contribution in [0.1, 0.15) is 5.56 Å². The number of nitro groups is 1. The molecule has 0 aliphatic carbocycles. The number of hydrogen-bond acceptors (Lipinski definition) is 6. The van der Waals surface area contributed by atoms with Crippen LogP contribution in [0.25, 0.3) is 0 Å². The van der Waals surface area contributed by atoms with Gasteiger partial charge in [-0.05, 0) is 13.1 Å². The Hall–Kier alpha value is -1.45. The molecule has 1 fully saturated rings. The van der Waals surface area contributed by atoms with Crippen LogP contribution in [0.3, 0.4) is 0 Å². The van der Waals surface area contributed by atoms with Crippen molar-refractivity contribution in [2.75, 3.05) is 44.1 Å². The third-order valence-corrected chi connectivity index (χ3v) is 4.99. The monoisotopic (exact) mass is 330 g/mol. The minimum Gasteiger partial charge on any atom is -0.304 e. The molecule has 2 aliphatic heterocycles. The molecule has 0 unspecified atom stereocenters. The zero-order valence-corrected chi connectivity index (χ0v) is 12.9. The van der Waals surface area contributed by atoms with Crippen molar-refractivity contribution in [1.82, 2.24) is 9.21 Å². The van der Waals surface area contributed by atoms with Gasteiger partial charge in [-0.25, -0.2) is 4.31 Å². The smallest absolute Gasteiger partial charge is 0.293 e. The molecular weight excluding hydrogens is 314 g/mol. The maximum absolute atomic E-state index is 14.1. The van der Waals surface area contributed by atoms with Crippen LogP contribution in [-0.4, -0.2) is 53.9 Å². The number of nitro benzene ring substituents is 1. The fourth-order valence-corrected chi connectivity index (χ4v) is 3.65. The average Bonchev–Trinajstić information content (AvgIpc) is 2.72. The summed E-state index contributed by atoms with van der Waals surface area (Å²) in [7, 11) is 2.03. The van der Waals surface area contributed by atoms with Crippen LogP contribution in [0.15, 0.2) is 18.2 Å². The second-order valence-electron chi connectivity index (χ2n) is 5.51. The molecular formula is C13H16F2N4O2S.